The number of hydrogen-bond acceptors (Lipinski definition) is 10. The first kappa shape index (κ1) is 22.0. The number of anilines is 1. The van der Waals surface area contributed by atoms with Crippen LogP contribution in [0.5, 0.6) is 5.75 Å². The van der Waals surface area contributed by atoms with Crippen LogP contribution in [-0.4, -0.2) is 74.4 Å². The van der Waals surface area contributed by atoms with Gasteiger partial charge in [0.05, 0.1) is 0 Å². The van der Waals surface area contributed by atoms with Gasteiger partial charge in [0.25, 0.3) is 5.91 Å². The lowest BCUT2D eigenvalue weighted by molar-refractivity contribution is -0.150. The van der Waals surface area contributed by atoms with Crippen LogP contribution in [-0.2, 0) is 14.4 Å². The molecule has 1 saturated heterocycles. The van der Waals surface area contributed by atoms with Crippen LogP contribution in [0.15, 0.2) is 30.0 Å². The van der Waals surface area contributed by atoms with Crippen molar-refractivity contribution in [3.05, 3.63) is 40.5 Å². The van der Waals surface area contributed by atoms with Crippen molar-refractivity contribution in [3.8, 4) is 5.75 Å². The minimum Gasteiger partial charge on any atom is -0.508 e. The van der Waals surface area contributed by atoms with E-state index >= 15 is 0 Å². The number of carboxylic acids is 1. The van der Waals surface area contributed by atoms with E-state index in [9.17, 15) is 24.6 Å². The number of carbonyl (C=O) groups excluding carboxylic acids is 2. The Morgan fingerprint density at radius 1 is 1.28 bits per heavy atom. The smallest absolute Gasteiger partial charge is 0.353 e. The van der Waals surface area contributed by atoms with E-state index in [1.807, 2.05) is 0 Å². The average Bonchev–Trinajstić information content (AvgIpc) is 3.26. The van der Waals surface area contributed by atoms with E-state index in [1.165, 1.54) is 52.3 Å². The highest BCUT2D eigenvalue weighted by Gasteiger charge is 2.54. The minimum atomic E-state index is -1.24. The van der Waals surface area contributed by atoms with Crippen molar-refractivity contribution >= 4 is 51.6 Å². The van der Waals surface area contributed by atoms with Gasteiger partial charge in [-0.15, -0.1) is 22.0 Å². The molecular weight excluding hydrogens is 456 g/mol. The topological polar surface area (TPSA) is 162 Å². The maximum atomic E-state index is 12.8. The highest BCUT2D eigenvalue weighted by Crippen LogP contribution is 2.44. The average molecular weight is 477 g/mol. The van der Waals surface area contributed by atoms with Crippen LogP contribution in [0.2, 0.25) is 0 Å². The van der Waals surface area contributed by atoms with Crippen molar-refractivity contribution in [2.24, 2.45) is 5.73 Å². The molecule has 2 aliphatic heterocycles. The van der Waals surface area contributed by atoms with Gasteiger partial charge in [-0.2, -0.15) is 0 Å². The van der Waals surface area contributed by atoms with E-state index in [4.69, 9.17) is 5.73 Å². The first-order chi connectivity index (χ1) is 15.2. The van der Waals surface area contributed by atoms with E-state index in [2.05, 4.69) is 15.5 Å². The number of nitrogens with two attached hydrogens (primary N) is 1. The van der Waals surface area contributed by atoms with Gasteiger partial charge < -0.3 is 26.2 Å². The number of aliphatic carboxylic acids is 1. The molecule has 32 heavy (non-hydrogen) atoms. The number of aromatic hydroxyl groups is 1. The highest BCUT2D eigenvalue weighted by molar-refractivity contribution is 8.00. The number of benzene rings is 1. The molecule has 5 N–H and O–H groups in total. The number of aromatic nitrogens is 2. The summed E-state index contributed by atoms with van der Waals surface area (Å²) < 4.78 is 0. The van der Waals surface area contributed by atoms with Gasteiger partial charge in [-0.1, -0.05) is 23.5 Å². The minimum absolute atomic E-state index is 0.0432. The Labute approximate surface area is 190 Å². The van der Waals surface area contributed by atoms with Gasteiger partial charge >= 0.3 is 5.97 Å². The van der Waals surface area contributed by atoms with E-state index < -0.39 is 35.2 Å². The number of carboxylic acid groups (broad SMARTS) is 1. The molecule has 11 nitrogen and oxygen atoms in total. The summed E-state index contributed by atoms with van der Waals surface area (Å²) in [5, 5.41) is 30.4. The maximum absolute atomic E-state index is 12.8. The van der Waals surface area contributed by atoms with Crippen molar-refractivity contribution in [2.45, 2.75) is 17.5 Å². The van der Waals surface area contributed by atoms with E-state index in [0.717, 1.165) is 0 Å². The van der Waals surface area contributed by atoms with Crippen molar-refractivity contribution in [1.82, 2.24) is 20.4 Å². The lowest BCUT2D eigenvalue weighted by Gasteiger charge is -2.49. The summed E-state index contributed by atoms with van der Waals surface area (Å²) in [6, 6.07) is 3.93. The fourth-order valence-corrected chi connectivity index (χ4v) is 5.63. The molecule has 168 valence electrons. The summed E-state index contributed by atoms with van der Waals surface area (Å²) in [4.78, 5) is 40.4. The van der Waals surface area contributed by atoms with Gasteiger partial charge in [0.1, 0.15) is 33.9 Å². The first-order valence-corrected chi connectivity index (χ1v) is 11.3. The molecule has 4 rings (SSSR count). The summed E-state index contributed by atoms with van der Waals surface area (Å²) in [5.74, 6) is -2.00. The molecule has 3 atom stereocenters. The second-order valence-corrected chi connectivity index (χ2v) is 9.44. The standard InChI is InChI=1S/C19H20N6O5S2/c1-24(2)19-23-22-15(32-19)10-7-31-17-12(16(28)25(17)13(10)18(29)30)21-14(27)11(20)8-3-5-9(26)6-4-8/h3-6,11-12,17,26H,7,20H2,1-2H3,(H,21,27)(H,29,30)/t11-,12?,17-/m1/s1. The van der Waals surface area contributed by atoms with E-state index in [1.54, 1.807) is 19.0 Å². The van der Waals surface area contributed by atoms with Crippen molar-refractivity contribution < 1.29 is 24.6 Å². The molecule has 2 aromatic rings. The number of amides is 2. The third-order valence-electron chi connectivity index (χ3n) is 5.06. The second kappa shape index (κ2) is 8.41. The molecule has 13 heteroatoms. The fraction of sp³-hybridized carbons (Fsp3) is 0.316. The maximum Gasteiger partial charge on any atom is 0.353 e. The summed E-state index contributed by atoms with van der Waals surface area (Å²) >= 11 is 2.58. The highest BCUT2D eigenvalue weighted by atomic mass is 32.2. The van der Waals surface area contributed by atoms with Crippen molar-refractivity contribution in [2.75, 3.05) is 24.7 Å². The van der Waals surface area contributed by atoms with Crippen LogP contribution >= 0.6 is 23.1 Å². The predicted octanol–water partition coefficient (Wildman–Crippen LogP) is 0.205. The molecule has 2 amide bonds. The monoisotopic (exact) mass is 476 g/mol. The molecule has 1 fully saturated rings. The van der Waals surface area contributed by atoms with Crippen LogP contribution in [0.25, 0.3) is 5.57 Å². The number of thioether (sulfide) groups is 1. The summed E-state index contributed by atoms with van der Waals surface area (Å²) in [5.41, 5.74) is 6.73. The van der Waals surface area contributed by atoms with Gasteiger partial charge in [0.2, 0.25) is 11.0 Å². The molecular formula is C19H20N6O5S2. The molecule has 0 bridgehead atoms. The molecule has 1 aromatic heterocycles. The number of phenols is 1. The largest absolute Gasteiger partial charge is 0.508 e. The summed E-state index contributed by atoms with van der Waals surface area (Å²) in [6.45, 7) is 0. The fourth-order valence-electron chi connectivity index (χ4n) is 3.38. The Balaban J connectivity index is 1.53. The molecule has 0 aliphatic carbocycles. The van der Waals surface area contributed by atoms with Crippen LogP contribution in [0.3, 0.4) is 0 Å². The van der Waals surface area contributed by atoms with E-state index in [-0.39, 0.29) is 11.4 Å². The third kappa shape index (κ3) is 3.78. The summed E-state index contributed by atoms with van der Waals surface area (Å²) in [6.07, 6.45) is 0. The van der Waals surface area contributed by atoms with Crippen LogP contribution < -0.4 is 16.0 Å². The normalized spacial score (nSPS) is 21.0. The summed E-state index contributed by atoms with van der Waals surface area (Å²) in [7, 11) is 3.61. The zero-order valence-corrected chi connectivity index (χ0v) is 18.7. The van der Waals surface area contributed by atoms with Crippen LogP contribution in [0.4, 0.5) is 5.13 Å². The molecule has 1 aromatic carbocycles. The number of fused-ring (bicyclic) bond motifs is 1. The van der Waals surface area contributed by atoms with Gasteiger partial charge in [0, 0.05) is 25.4 Å². The number of carbonyl (C=O) groups is 3. The van der Waals surface area contributed by atoms with Gasteiger partial charge in [-0.3, -0.25) is 14.5 Å². The van der Waals surface area contributed by atoms with Gasteiger partial charge in [0.15, 0.2) is 0 Å². The zero-order chi connectivity index (χ0) is 23.2. The SMILES string of the molecule is CN(C)c1nnc(C2=C(C(=O)O)N3C(=O)C(NC(=O)[C@H](N)c4ccc(O)cc4)[C@H]3SC2)s1. The lowest BCUT2D eigenvalue weighted by atomic mass is 10.0. The molecule has 0 saturated carbocycles. The predicted molar refractivity (Wildman–Crippen MR) is 119 cm³/mol. The Hall–Kier alpha value is -3.16. The molecule has 0 spiro atoms. The Kier molecular flexibility index (Phi) is 5.79. The van der Waals surface area contributed by atoms with Crippen LogP contribution in [0.1, 0.15) is 16.6 Å². The van der Waals surface area contributed by atoms with Crippen molar-refractivity contribution in [1.29, 1.82) is 0 Å². The Morgan fingerprint density at radius 2 is 1.97 bits per heavy atom. The molecule has 0 radical (unpaired) electrons. The third-order valence-corrected chi connectivity index (χ3v) is 7.49. The Bertz CT molecular complexity index is 1120. The first-order valence-electron chi connectivity index (χ1n) is 9.46. The van der Waals surface area contributed by atoms with Gasteiger partial charge in [-0.25, -0.2) is 4.79 Å². The molecule has 3 heterocycles. The molecule has 2 aliphatic rings. The second-order valence-electron chi connectivity index (χ2n) is 7.38. The van der Waals surface area contributed by atoms with Crippen LogP contribution in [0, 0.1) is 0 Å². The van der Waals surface area contributed by atoms with Gasteiger partial charge in [-0.05, 0) is 17.7 Å². The number of hydrogen-bond donors (Lipinski definition) is 4. The number of phenolic OH excluding ortho intramolecular Hbond substituents is 1. The van der Waals surface area contributed by atoms with Crippen molar-refractivity contribution in [3.63, 3.8) is 0 Å². The number of nitrogens with one attached hydrogen (secondary N) is 1. The Morgan fingerprint density at radius 3 is 2.56 bits per heavy atom. The molecule has 1 unspecified atom stereocenters. The number of β-lactam (4-membered cyclic amide) rings is 1. The lowest BCUT2D eigenvalue weighted by Crippen LogP contribution is -2.71. The van der Waals surface area contributed by atoms with E-state index in [0.29, 0.717) is 27.0 Å². The quantitative estimate of drug-likeness (QED) is 0.424. The number of nitrogens with zero attached hydrogens (tertiary/aromatic N) is 4. The zero-order valence-electron chi connectivity index (χ0n) is 17.1. The number of rotatable bonds is 6.